The van der Waals surface area contributed by atoms with Crippen molar-refractivity contribution in [2.24, 2.45) is 11.5 Å². The molecule has 0 unspecified atom stereocenters. The maximum Gasteiger partial charge on any atom is 0.325 e. The second kappa shape index (κ2) is 6.93. The van der Waals surface area contributed by atoms with Crippen LogP contribution in [0.25, 0.3) is 10.8 Å². The van der Waals surface area contributed by atoms with Crippen molar-refractivity contribution in [3.05, 3.63) is 29.8 Å². The fraction of sp³-hybridized carbons (Fsp3) is 0.368. The Hall–Kier alpha value is -2.64. The van der Waals surface area contributed by atoms with Gasteiger partial charge in [-0.1, -0.05) is 24.3 Å². The second-order valence-corrected chi connectivity index (χ2v) is 6.73. The van der Waals surface area contributed by atoms with E-state index in [1.807, 2.05) is 26.0 Å². The summed E-state index contributed by atoms with van der Waals surface area (Å²) in [6.45, 7) is 3.41. The summed E-state index contributed by atoms with van der Waals surface area (Å²) >= 11 is 0. The zero-order valence-electron chi connectivity index (χ0n) is 14.8. The predicted molar refractivity (Wildman–Crippen MR) is 96.4 cm³/mol. The summed E-state index contributed by atoms with van der Waals surface area (Å²) in [6, 6.07) is 7.33. The number of rotatable bonds is 4. The van der Waals surface area contributed by atoms with Crippen molar-refractivity contribution in [1.29, 1.82) is 0 Å². The molecule has 2 aromatic rings. The lowest BCUT2D eigenvalue weighted by Crippen LogP contribution is -2.33. The van der Waals surface area contributed by atoms with Gasteiger partial charge in [-0.05, 0) is 26.7 Å². The summed E-state index contributed by atoms with van der Waals surface area (Å²) in [5, 5.41) is 1.38. The van der Waals surface area contributed by atoms with Gasteiger partial charge in [-0.15, -0.1) is 0 Å². The predicted octanol–water partition coefficient (Wildman–Crippen LogP) is 1.67. The largest absolute Gasteiger partial charge is 0.487 e. The number of benzene rings is 2. The lowest BCUT2D eigenvalue weighted by Gasteiger charge is -2.34. The van der Waals surface area contributed by atoms with Crippen LogP contribution in [0.3, 0.4) is 0 Å². The first-order valence-corrected chi connectivity index (χ1v) is 8.44. The number of ether oxygens (including phenoxy) is 3. The van der Waals surface area contributed by atoms with E-state index in [1.54, 1.807) is 12.1 Å². The molecule has 4 N–H and O–H groups in total. The van der Waals surface area contributed by atoms with Gasteiger partial charge in [0, 0.05) is 16.3 Å². The van der Waals surface area contributed by atoms with E-state index in [0.29, 0.717) is 23.1 Å². The van der Waals surface area contributed by atoms with Crippen LogP contribution in [0.1, 0.15) is 25.8 Å². The molecule has 0 spiro atoms. The molecule has 0 atom stereocenters. The molecule has 0 bridgehead atoms. The zero-order chi connectivity index (χ0) is 18.9. The normalized spacial score (nSPS) is 15.1. The van der Waals surface area contributed by atoms with E-state index in [1.165, 1.54) is 0 Å². The lowest BCUT2D eigenvalue weighted by atomic mass is 9.91. The highest BCUT2D eigenvalue weighted by Crippen LogP contribution is 2.50. The minimum atomic E-state index is -0.628. The minimum absolute atomic E-state index is 0.167. The fourth-order valence-electron chi connectivity index (χ4n) is 3.02. The molecular formula is C19H22N2O5. The van der Waals surface area contributed by atoms with Crippen molar-refractivity contribution in [3.63, 3.8) is 0 Å². The molecule has 1 aliphatic heterocycles. The van der Waals surface area contributed by atoms with Gasteiger partial charge in [0.25, 0.3) is 0 Å². The highest BCUT2D eigenvalue weighted by atomic mass is 16.6. The van der Waals surface area contributed by atoms with Crippen LogP contribution in [0.15, 0.2) is 24.3 Å². The molecule has 0 radical (unpaired) electrons. The van der Waals surface area contributed by atoms with Crippen LogP contribution in [0.5, 0.6) is 17.2 Å². The van der Waals surface area contributed by atoms with Crippen LogP contribution < -0.4 is 25.7 Å². The van der Waals surface area contributed by atoms with Crippen LogP contribution in [0.4, 0.5) is 0 Å². The van der Waals surface area contributed by atoms with Crippen LogP contribution >= 0.6 is 0 Å². The van der Waals surface area contributed by atoms with E-state index >= 15 is 0 Å². The molecule has 2 aromatic carbocycles. The van der Waals surface area contributed by atoms with Gasteiger partial charge in [-0.2, -0.15) is 0 Å². The van der Waals surface area contributed by atoms with Crippen molar-refractivity contribution >= 4 is 22.7 Å². The molecule has 138 valence electrons. The third-order valence-corrected chi connectivity index (χ3v) is 4.29. The summed E-state index contributed by atoms with van der Waals surface area (Å²) in [4.78, 5) is 23.7. The number of fused-ring (bicyclic) bond motifs is 3. The molecule has 0 amide bonds. The minimum Gasteiger partial charge on any atom is -0.487 e. The smallest absolute Gasteiger partial charge is 0.325 e. The number of hydrogen-bond donors (Lipinski definition) is 2. The summed E-state index contributed by atoms with van der Waals surface area (Å²) in [5.74, 6) is -0.287. The topological polar surface area (TPSA) is 114 Å². The van der Waals surface area contributed by atoms with Crippen molar-refractivity contribution in [2.45, 2.75) is 32.3 Å². The standard InChI is InChI=1S/C19H22N2O5/c1-19(2)8-7-13-16(26-19)11-5-3-4-6-12(11)17(24-14(22)9-20)18(13)25-15(23)10-21/h3-6H,7-10,20-21H2,1-2H3. The first-order chi connectivity index (χ1) is 12.4. The quantitative estimate of drug-likeness (QED) is 0.631. The van der Waals surface area contributed by atoms with Gasteiger partial charge in [0.05, 0.1) is 13.1 Å². The number of hydrogen-bond acceptors (Lipinski definition) is 7. The van der Waals surface area contributed by atoms with Crippen LogP contribution in [0.2, 0.25) is 0 Å². The molecule has 1 aliphatic rings. The molecule has 0 aliphatic carbocycles. The van der Waals surface area contributed by atoms with E-state index in [2.05, 4.69) is 0 Å². The van der Waals surface area contributed by atoms with Crippen LogP contribution in [-0.4, -0.2) is 30.6 Å². The molecule has 0 aromatic heterocycles. The van der Waals surface area contributed by atoms with Crippen LogP contribution in [0, 0.1) is 0 Å². The van der Waals surface area contributed by atoms with Gasteiger partial charge in [0.15, 0.2) is 11.5 Å². The fourth-order valence-corrected chi connectivity index (χ4v) is 3.02. The van der Waals surface area contributed by atoms with Gasteiger partial charge in [0.2, 0.25) is 0 Å². The Morgan fingerprint density at radius 2 is 1.62 bits per heavy atom. The summed E-state index contributed by atoms with van der Waals surface area (Å²) in [7, 11) is 0. The average molecular weight is 358 g/mol. The summed E-state index contributed by atoms with van der Waals surface area (Å²) in [6.07, 6.45) is 1.32. The van der Waals surface area contributed by atoms with E-state index in [4.69, 9.17) is 25.7 Å². The first kappa shape index (κ1) is 18.2. The number of carbonyl (C=O) groups excluding carboxylic acids is 2. The second-order valence-electron chi connectivity index (χ2n) is 6.73. The summed E-state index contributed by atoms with van der Waals surface area (Å²) in [5.41, 5.74) is 11.1. The maximum absolute atomic E-state index is 11.9. The highest BCUT2D eigenvalue weighted by molar-refractivity contribution is 5.99. The third-order valence-electron chi connectivity index (χ3n) is 4.29. The molecule has 7 heteroatoms. The number of esters is 2. The summed E-state index contributed by atoms with van der Waals surface area (Å²) < 4.78 is 17.1. The molecule has 26 heavy (non-hydrogen) atoms. The Balaban J connectivity index is 2.30. The zero-order valence-corrected chi connectivity index (χ0v) is 14.8. The Morgan fingerprint density at radius 1 is 1.04 bits per heavy atom. The van der Waals surface area contributed by atoms with Gasteiger partial charge in [-0.25, -0.2) is 0 Å². The molecule has 7 nitrogen and oxygen atoms in total. The number of nitrogens with two attached hydrogens (primary N) is 2. The maximum atomic E-state index is 11.9. The van der Waals surface area contributed by atoms with Gasteiger partial charge in [0.1, 0.15) is 11.4 Å². The average Bonchev–Trinajstić information content (AvgIpc) is 2.63. The molecule has 3 rings (SSSR count). The highest BCUT2D eigenvalue weighted by Gasteiger charge is 2.34. The SMILES string of the molecule is CC1(C)CCc2c(OC(=O)CN)c(OC(=O)CN)c3ccccc3c2O1. The van der Waals surface area contributed by atoms with E-state index in [-0.39, 0.29) is 30.2 Å². The van der Waals surface area contributed by atoms with Crippen LogP contribution in [-0.2, 0) is 16.0 Å². The monoisotopic (exact) mass is 358 g/mol. The van der Waals surface area contributed by atoms with E-state index in [9.17, 15) is 9.59 Å². The van der Waals surface area contributed by atoms with Gasteiger partial charge >= 0.3 is 11.9 Å². The first-order valence-electron chi connectivity index (χ1n) is 8.44. The molecule has 0 fully saturated rings. The van der Waals surface area contributed by atoms with E-state index in [0.717, 1.165) is 11.8 Å². The Kier molecular flexibility index (Phi) is 4.84. The van der Waals surface area contributed by atoms with Crippen molar-refractivity contribution < 1.29 is 23.8 Å². The van der Waals surface area contributed by atoms with Gasteiger partial charge < -0.3 is 25.7 Å². The van der Waals surface area contributed by atoms with Gasteiger partial charge in [-0.3, -0.25) is 9.59 Å². The third kappa shape index (κ3) is 3.36. The van der Waals surface area contributed by atoms with Crippen molar-refractivity contribution in [3.8, 4) is 17.2 Å². The van der Waals surface area contributed by atoms with E-state index < -0.39 is 11.9 Å². The Bertz CT molecular complexity index is 876. The molecule has 0 saturated heterocycles. The van der Waals surface area contributed by atoms with Crippen molar-refractivity contribution in [2.75, 3.05) is 13.1 Å². The van der Waals surface area contributed by atoms with Crippen molar-refractivity contribution in [1.82, 2.24) is 0 Å². The number of carbonyl (C=O) groups is 2. The molecule has 1 heterocycles. The molecule has 0 saturated carbocycles. The Morgan fingerprint density at radius 3 is 2.23 bits per heavy atom. The Labute approximate surface area is 151 Å². The molecular weight excluding hydrogens is 336 g/mol. The lowest BCUT2D eigenvalue weighted by molar-refractivity contribution is -0.135.